The molecule has 3 heterocycles. The normalized spacial score (nSPS) is 17.2. The first-order chi connectivity index (χ1) is 15.3. The number of piperidine rings is 1. The third-order valence-corrected chi connectivity index (χ3v) is 7.31. The lowest BCUT2D eigenvalue weighted by molar-refractivity contribution is -0.136. The molecule has 0 bridgehead atoms. The highest BCUT2D eigenvalue weighted by Crippen LogP contribution is 2.41. The molecule has 5 rings (SSSR count). The van der Waals surface area contributed by atoms with Crippen LogP contribution in [0.25, 0.3) is 10.1 Å². The lowest BCUT2D eigenvalue weighted by Crippen LogP contribution is -2.52. The molecule has 7 nitrogen and oxygen atoms in total. The molecule has 2 aliphatic rings. The number of rotatable bonds is 3. The molecule has 164 valence electrons. The van der Waals surface area contributed by atoms with Crippen LogP contribution in [-0.2, 0) is 11.2 Å². The van der Waals surface area contributed by atoms with Crippen LogP contribution in [0.2, 0.25) is 0 Å². The number of anilines is 1. The van der Waals surface area contributed by atoms with Crippen molar-refractivity contribution in [1.29, 1.82) is 0 Å². The van der Waals surface area contributed by atoms with E-state index in [1.807, 2.05) is 24.3 Å². The lowest BCUT2D eigenvalue weighted by Gasteiger charge is -2.44. The van der Waals surface area contributed by atoms with E-state index in [4.69, 9.17) is 15.6 Å². The number of aliphatic carboxylic acids is 1. The second kappa shape index (κ2) is 7.63. The summed E-state index contributed by atoms with van der Waals surface area (Å²) in [7, 11) is 0. The van der Waals surface area contributed by atoms with E-state index < -0.39 is 11.6 Å². The van der Waals surface area contributed by atoms with E-state index in [-0.39, 0.29) is 24.5 Å². The molecule has 1 spiro atoms. The molecular weight excluding hydrogens is 428 g/mol. The zero-order chi connectivity index (χ0) is 22.5. The SMILES string of the molecule is Nc1sc2ccccc2c1C(=O)N1CCC2(CC1)CC(=O)c1cc(CC(=O)O)ccc1O2. The third-order valence-electron chi connectivity index (χ3n) is 6.31. The molecule has 1 aromatic heterocycles. The number of carbonyl (C=O) groups excluding carboxylic acids is 2. The van der Waals surface area contributed by atoms with Crippen molar-refractivity contribution in [2.45, 2.75) is 31.3 Å². The Bertz CT molecular complexity index is 1260. The van der Waals surface area contributed by atoms with E-state index in [2.05, 4.69) is 0 Å². The third kappa shape index (κ3) is 3.50. The van der Waals surface area contributed by atoms with Gasteiger partial charge in [-0.15, -0.1) is 11.3 Å². The number of nitrogens with zero attached hydrogens (tertiary/aromatic N) is 1. The summed E-state index contributed by atoms with van der Waals surface area (Å²) in [6, 6.07) is 12.7. The quantitative estimate of drug-likeness (QED) is 0.629. The summed E-state index contributed by atoms with van der Waals surface area (Å²) in [5.41, 5.74) is 7.10. The molecule has 2 aliphatic heterocycles. The highest BCUT2D eigenvalue weighted by Gasteiger charge is 2.44. The minimum Gasteiger partial charge on any atom is -0.486 e. The molecule has 1 amide bonds. The zero-order valence-corrected chi connectivity index (χ0v) is 18.1. The van der Waals surface area contributed by atoms with Crippen molar-refractivity contribution in [1.82, 2.24) is 4.90 Å². The van der Waals surface area contributed by atoms with E-state index in [0.29, 0.717) is 53.4 Å². The standard InChI is InChI=1S/C24H22N2O5S/c25-22-21(15-3-1-2-4-19(15)32-22)23(30)26-9-7-24(8-10-26)13-17(27)16-11-14(12-20(28)29)5-6-18(16)31-24/h1-6,11H,7-10,12-13,25H2,(H,28,29). The summed E-state index contributed by atoms with van der Waals surface area (Å²) >= 11 is 1.41. The molecule has 0 saturated carbocycles. The van der Waals surface area contributed by atoms with Crippen LogP contribution in [0.4, 0.5) is 5.00 Å². The highest BCUT2D eigenvalue weighted by atomic mass is 32.1. The molecule has 0 atom stereocenters. The number of nitrogen functional groups attached to an aromatic ring is 1. The van der Waals surface area contributed by atoms with Gasteiger partial charge in [-0.05, 0) is 23.8 Å². The van der Waals surface area contributed by atoms with E-state index in [9.17, 15) is 14.4 Å². The molecule has 0 radical (unpaired) electrons. The Morgan fingerprint density at radius 1 is 1.16 bits per heavy atom. The first-order valence-electron chi connectivity index (χ1n) is 10.5. The van der Waals surface area contributed by atoms with Crippen LogP contribution >= 0.6 is 11.3 Å². The van der Waals surface area contributed by atoms with Gasteiger partial charge < -0.3 is 20.5 Å². The smallest absolute Gasteiger partial charge is 0.307 e. The number of carboxylic acid groups (broad SMARTS) is 1. The summed E-state index contributed by atoms with van der Waals surface area (Å²) in [5.74, 6) is -0.591. The van der Waals surface area contributed by atoms with Gasteiger partial charge in [0.25, 0.3) is 5.91 Å². The van der Waals surface area contributed by atoms with Crippen LogP contribution in [0.5, 0.6) is 5.75 Å². The lowest BCUT2D eigenvalue weighted by atomic mass is 9.82. The topological polar surface area (TPSA) is 110 Å². The van der Waals surface area contributed by atoms with Crippen molar-refractivity contribution in [3.05, 3.63) is 59.2 Å². The van der Waals surface area contributed by atoms with Crippen molar-refractivity contribution in [2.75, 3.05) is 18.8 Å². The molecule has 3 aromatic rings. The van der Waals surface area contributed by atoms with E-state index in [1.165, 1.54) is 11.3 Å². The average molecular weight is 451 g/mol. The van der Waals surface area contributed by atoms with Crippen molar-refractivity contribution in [2.24, 2.45) is 0 Å². The van der Waals surface area contributed by atoms with E-state index >= 15 is 0 Å². The summed E-state index contributed by atoms with van der Waals surface area (Å²) in [4.78, 5) is 38.9. The van der Waals surface area contributed by atoms with Gasteiger partial charge in [0.15, 0.2) is 5.78 Å². The maximum absolute atomic E-state index is 13.3. The number of likely N-dealkylation sites (tertiary alicyclic amines) is 1. The highest BCUT2D eigenvalue weighted by molar-refractivity contribution is 7.23. The maximum Gasteiger partial charge on any atom is 0.307 e. The van der Waals surface area contributed by atoms with Gasteiger partial charge in [-0.2, -0.15) is 0 Å². The Balaban J connectivity index is 1.33. The van der Waals surface area contributed by atoms with Crippen LogP contribution in [-0.4, -0.2) is 46.4 Å². The fourth-order valence-corrected chi connectivity index (χ4v) is 5.63. The van der Waals surface area contributed by atoms with Crippen molar-refractivity contribution in [3.8, 4) is 5.75 Å². The number of amides is 1. The van der Waals surface area contributed by atoms with Crippen molar-refractivity contribution >= 4 is 44.1 Å². The fourth-order valence-electron chi connectivity index (χ4n) is 4.67. The van der Waals surface area contributed by atoms with Crippen LogP contribution in [0.3, 0.4) is 0 Å². The molecule has 0 aliphatic carbocycles. The number of benzene rings is 2. The second-order valence-corrected chi connectivity index (χ2v) is 9.50. The van der Waals surface area contributed by atoms with Gasteiger partial charge in [-0.1, -0.05) is 24.3 Å². The number of fused-ring (bicyclic) bond motifs is 2. The van der Waals surface area contributed by atoms with Gasteiger partial charge in [-0.3, -0.25) is 14.4 Å². The number of hydrogen-bond acceptors (Lipinski definition) is 6. The predicted octanol–water partition coefficient (Wildman–Crippen LogP) is 3.75. The summed E-state index contributed by atoms with van der Waals surface area (Å²) in [6.45, 7) is 0.949. The Labute approximate surface area is 188 Å². The van der Waals surface area contributed by atoms with Crippen LogP contribution in [0.1, 0.15) is 45.5 Å². The number of ether oxygens (including phenoxy) is 1. The summed E-state index contributed by atoms with van der Waals surface area (Å²) in [5, 5.41) is 10.4. The first-order valence-corrected chi connectivity index (χ1v) is 11.3. The maximum atomic E-state index is 13.3. The second-order valence-electron chi connectivity index (χ2n) is 8.42. The van der Waals surface area contributed by atoms with Crippen molar-refractivity contribution in [3.63, 3.8) is 0 Å². The number of carboxylic acids is 1. The van der Waals surface area contributed by atoms with Crippen LogP contribution in [0.15, 0.2) is 42.5 Å². The summed E-state index contributed by atoms with van der Waals surface area (Å²) < 4.78 is 7.26. The predicted molar refractivity (Wildman–Crippen MR) is 121 cm³/mol. The molecule has 32 heavy (non-hydrogen) atoms. The van der Waals surface area contributed by atoms with Gasteiger partial charge in [0.05, 0.1) is 29.0 Å². The first kappa shape index (κ1) is 20.5. The Kier molecular flexibility index (Phi) is 4.89. The fraction of sp³-hybridized carbons (Fsp3) is 0.292. The number of carbonyl (C=O) groups is 3. The molecule has 3 N–H and O–H groups in total. The number of ketones is 1. The Hall–Kier alpha value is -3.39. The van der Waals surface area contributed by atoms with Crippen LogP contribution in [0, 0.1) is 0 Å². The summed E-state index contributed by atoms with van der Waals surface area (Å²) in [6.07, 6.45) is 1.18. The number of Topliss-reactive ketones (excluding diaryl/α,β-unsaturated/α-hetero) is 1. The van der Waals surface area contributed by atoms with Gasteiger partial charge in [0, 0.05) is 36.0 Å². The minimum absolute atomic E-state index is 0.0497. The number of nitrogens with two attached hydrogens (primary N) is 1. The average Bonchev–Trinajstić information content (AvgIpc) is 3.09. The molecule has 8 heteroatoms. The van der Waals surface area contributed by atoms with Gasteiger partial charge in [0.2, 0.25) is 0 Å². The largest absolute Gasteiger partial charge is 0.486 e. The molecular formula is C24H22N2O5S. The Morgan fingerprint density at radius 2 is 1.91 bits per heavy atom. The molecule has 1 saturated heterocycles. The molecule has 1 fully saturated rings. The minimum atomic E-state index is -0.943. The number of thiophene rings is 1. The van der Waals surface area contributed by atoms with Crippen molar-refractivity contribution < 1.29 is 24.2 Å². The monoisotopic (exact) mass is 450 g/mol. The number of hydrogen-bond donors (Lipinski definition) is 2. The zero-order valence-electron chi connectivity index (χ0n) is 17.3. The molecule has 0 unspecified atom stereocenters. The Morgan fingerprint density at radius 3 is 2.66 bits per heavy atom. The molecule has 2 aromatic carbocycles. The van der Waals surface area contributed by atoms with Crippen LogP contribution < -0.4 is 10.5 Å². The van der Waals surface area contributed by atoms with E-state index in [0.717, 1.165) is 10.1 Å². The van der Waals surface area contributed by atoms with Gasteiger partial charge in [0.1, 0.15) is 11.4 Å². The van der Waals surface area contributed by atoms with Gasteiger partial charge >= 0.3 is 5.97 Å². The van der Waals surface area contributed by atoms with E-state index in [1.54, 1.807) is 23.1 Å². The van der Waals surface area contributed by atoms with Gasteiger partial charge in [-0.25, -0.2) is 0 Å².